The van der Waals surface area contributed by atoms with Crippen LogP contribution in [0.2, 0.25) is 0 Å². The van der Waals surface area contributed by atoms with Crippen LogP contribution in [0.5, 0.6) is 17.2 Å². The molecular weight excluding hydrogens is 522 g/mol. The molecule has 0 saturated carbocycles. The first kappa shape index (κ1) is 30.7. The van der Waals surface area contributed by atoms with Gasteiger partial charge in [-0.25, -0.2) is 0 Å². The predicted octanol–water partition coefficient (Wildman–Crippen LogP) is 9.55. The second-order valence-corrected chi connectivity index (χ2v) is 19.7. The van der Waals surface area contributed by atoms with Gasteiger partial charge in [0.2, 0.25) is 0 Å². The second kappa shape index (κ2) is 12.3. The zero-order chi connectivity index (χ0) is 29.7. The molecule has 4 aromatic carbocycles. The van der Waals surface area contributed by atoms with E-state index in [2.05, 4.69) is 104 Å². The summed E-state index contributed by atoms with van der Waals surface area (Å²) in [6.07, 6.45) is 0. The minimum atomic E-state index is -2.84. The van der Waals surface area contributed by atoms with Crippen molar-refractivity contribution in [2.75, 3.05) is 0 Å². The van der Waals surface area contributed by atoms with E-state index >= 15 is 0 Å². The standard InChI is InChI=1S/C36H46BO3P/c1-28(2)41(29(3)4,30(5)6,33-24-16-11-17-25-33)36(7,8)34-26-18-19-27-35(34)40-37(38-31-20-12-9-13-21-31)39-32-22-14-10-15-23-32/h9-30H,1-8H3. The Bertz CT molecular complexity index is 1320. The number of para-hydroxylation sites is 3. The van der Waals surface area contributed by atoms with E-state index in [1.54, 1.807) is 0 Å². The fraction of sp³-hybridized carbons (Fsp3) is 0.333. The van der Waals surface area contributed by atoms with E-state index in [1.165, 1.54) is 10.9 Å². The van der Waals surface area contributed by atoms with Crippen LogP contribution in [0.3, 0.4) is 0 Å². The molecule has 0 fully saturated rings. The third kappa shape index (κ3) is 5.06. The van der Waals surface area contributed by atoms with Crippen LogP contribution >= 0.6 is 6.60 Å². The summed E-state index contributed by atoms with van der Waals surface area (Å²) >= 11 is 0. The summed E-state index contributed by atoms with van der Waals surface area (Å²) in [4.78, 5) is 0. The third-order valence-electron chi connectivity index (χ3n) is 9.64. The van der Waals surface area contributed by atoms with Gasteiger partial charge in [0.15, 0.2) is 0 Å². The van der Waals surface area contributed by atoms with Crippen LogP contribution < -0.4 is 19.3 Å². The Kier molecular flexibility index (Phi) is 9.24. The Morgan fingerprint density at radius 1 is 0.512 bits per heavy atom. The molecule has 0 aliphatic heterocycles. The zero-order valence-electron chi connectivity index (χ0n) is 26.0. The van der Waals surface area contributed by atoms with Gasteiger partial charge in [0.05, 0.1) is 0 Å². The summed E-state index contributed by atoms with van der Waals surface area (Å²) < 4.78 is 19.3. The molecule has 4 aromatic rings. The van der Waals surface area contributed by atoms with Crippen molar-refractivity contribution < 1.29 is 14.0 Å². The van der Waals surface area contributed by atoms with Gasteiger partial charge in [0.1, 0.15) is 0 Å². The van der Waals surface area contributed by atoms with Crippen LogP contribution in [0, 0.1) is 0 Å². The second-order valence-electron chi connectivity index (χ2n) is 12.3. The molecule has 216 valence electrons. The number of hydrogen-bond donors (Lipinski definition) is 0. The Labute approximate surface area is 248 Å². The van der Waals surface area contributed by atoms with Gasteiger partial charge in [-0.15, -0.1) is 0 Å². The minimum absolute atomic E-state index is 0.246. The summed E-state index contributed by atoms with van der Waals surface area (Å²) in [5.74, 6) is 2.14. The molecule has 0 amide bonds. The van der Waals surface area contributed by atoms with Crippen LogP contribution in [-0.2, 0) is 5.16 Å². The van der Waals surface area contributed by atoms with E-state index in [-0.39, 0.29) is 5.16 Å². The summed E-state index contributed by atoms with van der Waals surface area (Å²) in [7, 11) is -0.975. The van der Waals surface area contributed by atoms with E-state index in [1.807, 2.05) is 66.7 Å². The SMILES string of the molecule is CC(C)P(c1ccccc1)(C(C)C)(C(C)C)C(C)(C)c1ccccc1OB(Oc1ccccc1)Oc1ccccc1. The molecule has 4 rings (SSSR count). The van der Waals surface area contributed by atoms with Crippen molar-refractivity contribution in [3.63, 3.8) is 0 Å². The van der Waals surface area contributed by atoms with Crippen molar-refractivity contribution in [3.8, 4) is 17.2 Å². The molecule has 0 aromatic heterocycles. The molecule has 0 N–H and O–H groups in total. The topological polar surface area (TPSA) is 27.7 Å². The van der Waals surface area contributed by atoms with Gasteiger partial charge in [-0.1, -0.05) is 0 Å². The zero-order valence-corrected chi connectivity index (χ0v) is 26.8. The van der Waals surface area contributed by atoms with Gasteiger partial charge in [0.25, 0.3) is 0 Å². The number of rotatable bonds is 12. The summed E-state index contributed by atoms with van der Waals surface area (Å²) in [6.45, 7) is 16.7. The quantitative estimate of drug-likeness (QED) is 0.126. The summed E-state index contributed by atoms with van der Waals surface area (Å²) in [5.41, 5.74) is 2.48. The fourth-order valence-electron chi connectivity index (χ4n) is 8.44. The molecule has 3 nitrogen and oxygen atoms in total. The molecule has 0 spiro atoms. The molecule has 0 atom stereocenters. The average Bonchev–Trinajstić information content (AvgIpc) is 2.95. The molecule has 0 aliphatic rings. The first-order valence-corrected chi connectivity index (χ1v) is 17.3. The normalized spacial score (nSPS) is 13.1. The van der Waals surface area contributed by atoms with E-state index < -0.39 is 13.9 Å². The van der Waals surface area contributed by atoms with Crippen LogP contribution in [-0.4, -0.2) is 24.3 Å². The Morgan fingerprint density at radius 2 is 0.902 bits per heavy atom. The van der Waals surface area contributed by atoms with Gasteiger partial charge in [-0.2, -0.15) is 0 Å². The van der Waals surface area contributed by atoms with Gasteiger partial charge in [-0.3, -0.25) is 0 Å². The Balaban J connectivity index is 1.90. The summed E-state index contributed by atoms with van der Waals surface area (Å²) in [5, 5.41) is 1.24. The van der Waals surface area contributed by atoms with E-state index in [4.69, 9.17) is 14.0 Å². The van der Waals surface area contributed by atoms with Crippen molar-refractivity contribution in [1.29, 1.82) is 0 Å². The Morgan fingerprint density at radius 3 is 1.34 bits per heavy atom. The van der Waals surface area contributed by atoms with Gasteiger partial charge in [0, 0.05) is 0 Å². The molecule has 0 radical (unpaired) electrons. The molecule has 0 saturated heterocycles. The van der Waals surface area contributed by atoms with Gasteiger partial charge < -0.3 is 0 Å². The first-order valence-electron chi connectivity index (χ1n) is 14.8. The van der Waals surface area contributed by atoms with Crippen molar-refractivity contribution in [1.82, 2.24) is 0 Å². The summed E-state index contributed by atoms with van der Waals surface area (Å²) in [6, 6.07) is 39.2. The maximum absolute atomic E-state index is 6.73. The maximum atomic E-state index is 6.73. The molecule has 0 unspecified atom stereocenters. The molecule has 41 heavy (non-hydrogen) atoms. The van der Waals surface area contributed by atoms with Crippen molar-refractivity contribution in [2.45, 2.75) is 77.5 Å². The Hall–Kier alpha value is -3.23. The van der Waals surface area contributed by atoms with Crippen LogP contribution in [0.4, 0.5) is 0 Å². The average molecular weight is 569 g/mol. The van der Waals surface area contributed by atoms with Gasteiger partial charge in [-0.05, 0) is 0 Å². The number of benzene rings is 4. The fourth-order valence-corrected chi connectivity index (χ4v) is 19.9. The van der Waals surface area contributed by atoms with E-state index in [0.717, 1.165) is 5.75 Å². The monoisotopic (exact) mass is 568 g/mol. The molecule has 0 aliphatic carbocycles. The molecule has 5 heteroatoms. The molecule has 0 bridgehead atoms. The van der Waals surface area contributed by atoms with Crippen LogP contribution in [0.15, 0.2) is 115 Å². The van der Waals surface area contributed by atoms with E-state index in [0.29, 0.717) is 28.5 Å². The third-order valence-corrected chi connectivity index (χ3v) is 20.5. The van der Waals surface area contributed by atoms with Crippen LogP contribution in [0.1, 0.15) is 61.0 Å². The first-order chi connectivity index (χ1) is 19.6. The van der Waals surface area contributed by atoms with Crippen molar-refractivity contribution in [3.05, 3.63) is 121 Å². The van der Waals surface area contributed by atoms with Crippen LogP contribution in [0.25, 0.3) is 0 Å². The molecule has 0 heterocycles. The number of hydrogen-bond acceptors (Lipinski definition) is 3. The van der Waals surface area contributed by atoms with Crippen molar-refractivity contribution in [2.24, 2.45) is 0 Å². The predicted molar refractivity (Wildman–Crippen MR) is 178 cm³/mol. The van der Waals surface area contributed by atoms with E-state index in [9.17, 15) is 0 Å². The van der Waals surface area contributed by atoms with Gasteiger partial charge >= 0.3 is 249 Å². The molecular formula is C36H46BO3P. The van der Waals surface area contributed by atoms with Crippen molar-refractivity contribution >= 4 is 19.2 Å².